The Kier molecular flexibility index (Phi) is 3.79. The Bertz CT molecular complexity index is 638. The molecule has 5 heteroatoms. The van der Waals surface area contributed by atoms with Crippen LogP contribution in [-0.4, -0.2) is 16.7 Å². The molecule has 1 aromatic carbocycles. The van der Waals surface area contributed by atoms with E-state index in [4.69, 9.17) is 16.2 Å². The van der Waals surface area contributed by atoms with E-state index in [0.717, 1.165) is 22.8 Å². The Labute approximate surface area is 117 Å². The minimum absolute atomic E-state index is 0.534. The number of carbonyl (C=O) groups excluding carboxylic acids is 1. The van der Waals surface area contributed by atoms with Gasteiger partial charge in [0.1, 0.15) is 11.4 Å². The molecule has 0 atom stereocenters. The van der Waals surface area contributed by atoms with Crippen molar-refractivity contribution >= 4 is 22.7 Å². The number of hydrogen-bond acceptors (Lipinski definition) is 4. The van der Waals surface area contributed by atoms with Crippen LogP contribution in [0.4, 0.5) is 10.6 Å². The first-order valence-corrected chi connectivity index (χ1v) is 6.49. The van der Waals surface area contributed by atoms with Crippen LogP contribution in [0.3, 0.4) is 0 Å². The third-order valence-electron chi connectivity index (χ3n) is 3.25. The molecule has 4 N–H and O–H groups in total. The SMILES string of the molecule is CC(C)(CCc1ccc2c(N)nccc2c1)OC(N)=O. The molecule has 0 bridgehead atoms. The molecule has 1 heterocycles. The summed E-state index contributed by atoms with van der Waals surface area (Å²) >= 11 is 0. The molecule has 5 nitrogen and oxygen atoms in total. The van der Waals surface area contributed by atoms with Crippen molar-refractivity contribution in [3.8, 4) is 0 Å². The summed E-state index contributed by atoms with van der Waals surface area (Å²) in [5, 5.41) is 2.01. The standard InChI is InChI=1S/C15H19N3O2/c1-15(2,20-14(17)19)7-5-10-3-4-12-11(9-10)6-8-18-13(12)16/h3-4,6,8-9H,5,7H2,1-2H3,(H2,16,18)(H2,17,19). The number of aryl methyl sites for hydroxylation is 1. The first-order valence-electron chi connectivity index (χ1n) is 6.49. The lowest BCUT2D eigenvalue weighted by atomic mass is 9.97. The van der Waals surface area contributed by atoms with Crippen LogP contribution in [0.1, 0.15) is 25.8 Å². The average molecular weight is 273 g/mol. The van der Waals surface area contributed by atoms with E-state index in [1.165, 1.54) is 0 Å². The van der Waals surface area contributed by atoms with Crippen molar-refractivity contribution in [1.29, 1.82) is 0 Å². The number of aromatic nitrogens is 1. The number of hydrogen-bond donors (Lipinski definition) is 2. The molecule has 0 aliphatic heterocycles. The highest BCUT2D eigenvalue weighted by Gasteiger charge is 2.21. The third kappa shape index (κ3) is 3.38. The van der Waals surface area contributed by atoms with Gasteiger partial charge in [-0.15, -0.1) is 0 Å². The molecule has 0 unspecified atom stereocenters. The minimum atomic E-state index is -0.743. The molecule has 0 saturated carbocycles. The number of primary amides is 1. The van der Waals surface area contributed by atoms with E-state index < -0.39 is 11.7 Å². The number of nitrogens with two attached hydrogens (primary N) is 2. The van der Waals surface area contributed by atoms with Gasteiger partial charge < -0.3 is 16.2 Å². The number of carbonyl (C=O) groups is 1. The normalized spacial score (nSPS) is 11.5. The Balaban J connectivity index is 2.13. The fourth-order valence-electron chi connectivity index (χ4n) is 2.17. The molecular weight excluding hydrogens is 254 g/mol. The lowest BCUT2D eigenvalue weighted by Gasteiger charge is -2.23. The van der Waals surface area contributed by atoms with Crippen molar-refractivity contribution < 1.29 is 9.53 Å². The first kappa shape index (κ1) is 14.1. The summed E-state index contributed by atoms with van der Waals surface area (Å²) in [6.07, 6.45) is 2.44. The maximum atomic E-state index is 10.8. The molecular formula is C15H19N3O2. The molecule has 0 radical (unpaired) electrons. The molecule has 2 aromatic rings. The van der Waals surface area contributed by atoms with E-state index >= 15 is 0 Å². The van der Waals surface area contributed by atoms with E-state index in [1.54, 1.807) is 6.20 Å². The van der Waals surface area contributed by atoms with Crippen molar-refractivity contribution in [2.45, 2.75) is 32.3 Å². The van der Waals surface area contributed by atoms with Gasteiger partial charge in [0.15, 0.2) is 0 Å². The lowest BCUT2D eigenvalue weighted by Crippen LogP contribution is -2.31. The molecule has 2 rings (SSSR count). The van der Waals surface area contributed by atoms with E-state index in [-0.39, 0.29) is 0 Å². The van der Waals surface area contributed by atoms with E-state index in [1.807, 2.05) is 32.0 Å². The number of pyridine rings is 1. The average Bonchev–Trinajstić information content (AvgIpc) is 2.35. The minimum Gasteiger partial charge on any atom is -0.444 e. The van der Waals surface area contributed by atoms with Gasteiger partial charge in [-0.2, -0.15) is 0 Å². The number of anilines is 1. The topological polar surface area (TPSA) is 91.2 Å². The summed E-state index contributed by atoms with van der Waals surface area (Å²) in [4.78, 5) is 14.9. The zero-order chi connectivity index (χ0) is 14.8. The number of amides is 1. The van der Waals surface area contributed by atoms with E-state index in [2.05, 4.69) is 11.1 Å². The quantitative estimate of drug-likeness (QED) is 0.895. The van der Waals surface area contributed by atoms with Gasteiger partial charge >= 0.3 is 6.09 Å². The van der Waals surface area contributed by atoms with Crippen LogP contribution in [0.15, 0.2) is 30.5 Å². The van der Waals surface area contributed by atoms with Crippen LogP contribution >= 0.6 is 0 Å². The Morgan fingerprint density at radius 1 is 1.35 bits per heavy atom. The number of rotatable bonds is 4. The van der Waals surface area contributed by atoms with Gasteiger partial charge in [0.25, 0.3) is 0 Å². The maximum absolute atomic E-state index is 10.8. The van der Waals surface area contributed by atoms with Gasteiger partial charge in [-0.25, -0.2) is 9.78 Å². The van der Waals surface area contributed by atoms with Gasteiger partial charge in [-0.3, -0.25) is 0 Å². The third-order valence-corrected chi connectivity index (χ3v) is 3.25. The molecule has 1 amide bonds. The second-order valence-corrected chi connectivity index (χ2v) is 5.43. The van der Waals surface area contributed by atoms with Crippen molar-refractivity contribution in [1.82, 2.24) is 4.98 Å². The highest BCUT2D eigenvalue weighted by Crippen LogP contribution is 2.23. The molecule has 0 fully saturated rings. The second-order valence-electron chi connectivity index (χ2n) is 5.43. The van der Waals surface area contributed by atoms with Gasteiger partial charge in [-0.1, -0.05) is 18.2 Å². The molecule has 1 aromatic heterocycles. The highest BCUT2D eigenvalue weighted by atomic mass is 16.6. The fourth-order valence-corrected chi connectivity index (χ4v) is 2.17. The Morgan fingerprint density at radius 2 is 2.10 bits per heavy atom. The second kappa shape index (κ2) is 5.36. The number of ether oxygens (including phenoxy) is 1. The lowest BCUT2D eigenvalue weighted by molar-refractivity contribution is 0.0394. The maximum Gasteiger partial charge on any atom is 0.405 e. The molecule has 106 valence electrons. The Morgan fingerprint density at radius 3 is 2.80 bits per heavy atom. The molecule has 0 spiro atoms. The molecule has 20 heavy (non-hydrogen) atoms. The van der Waals surface area contributed by atoms with Crippen LogP contribution in [0.25, 0.3) is 10.8 Å². The number of benzene rings is 1. The molecule has 0 aliphatic carbocycles. The largest absolute Gasteiger partial charge is 0.444 e. The van der Waals surface area contributed by atoms with Gasteiger partial charge in [0.2, 0.25) is 0 Å². The Hall–Kier alpha value is -2.30. The first-order chi connectivity index (χ1) is 9.37. The monoisotopic (exact) mass is 273 g/mol. The smallest absolute Gasteiger partial charge is 0.405 e. The van der Waals surface area contributed by atoms with Crippen molar-refractivity contribution in [2.24, 2.45) is 5.73 Å². The summed E-state index contributed by atoms with van der Waals surface area (Å²) in [6, 6.07) is 7.99. The van der Waals surface area contributed by atoms with Crippen LogP contribution in [-0.2, 0) is 11.2 Å². The van der Waals surface area contributed by atoms with Gasteiger partial charge in [0, 0.05) is 11.6 Å². The van der Waals surface area contributed by atoms with Crippen LogP contribution in [0.2, 0.25) is 0 Å². The highest BCUT2D eigenvalue weighted by molar-refractivity contribution is 5.91. The van der Waals surface area contributed by atoms with E-state index in [9.17, 15) is 4.79 Å². The summed E-state index contributed by atoms with van der Waals surface area (Å²) in [7, 11) is 0. The fraction of sp³-hybridized carbons (Fsp3) is 0.333. The summed E-state index contributed by atoms with van der Waals surface area (Å²) < 4.78 is 5.07. The number of nitrogen functional groups attached to an aromatic ring is 1. The molecule has 0 saturated heterocycles. The van der Waals surface area contributed by atoms with Crippen molar-refractivity contribution in [3.05, 3.63) is 36.0 Å². The number of fused-ring (bicyclic) bond motifs is 1. The van der Waals surface area contributed by atoms with Gasteiger partial charge in [0.05, 0.1) is 0 Å². The summed E-state index contributed by atoms with van der Waals surface area (Å²) in [5.74, 6) is 0.534. The predicted octanol–water partition coefficient (Wildman–Crippen LogP) is 2.62. The predicted molar refractivity (Wildman–Crippen MR) is 79.2 cm³/mol. The van der Waals surface area contributed by atoms with Crippen molar-refractivity contribution in [2.75, 3.05) is 5.73 Å². The zero-order valence-electron chi connectivity index (χ0n) is 11.7. The van der Waals surface area contributed by atoms with Crippen LogP contribution in [0, 0.1) is 0 Å². The summed E-state index contributed by atoms with van der Waals surface area (Å²) in [6.45, 7) is 3.70. The summed E-state index contributed by atoms with van der Waals surface area (Å²) in [5.41, 5.74) is 11.5. The van der Waals surface area contributed by atoms with Crippen LogP contribution in [0.5, 0.6) is 0 Å². The van der Waals surface area contributed by atoms with Crippen LogP contribution < -0.4 is 11.5 Å². The van der Waals surface area contributed by atoms with Crippen molar-refractivity contribution in [3.63, 3.8) is 0 Å². The van der Waals surface area contributed by atoms with E-state index in [0.29, 0.717) is 12.2 Å². The number of nitrogens with zero attached hydrogens (tertiary/aromatic N) is 1. The zero-order valence-corrected chi connectivity index (χ0v) is 11.7. The van der Waals surface area contributed by atoms with Gasteiger partial charge in [-0.05, 0) is 43.7 Å². The molecule has 0 aliphatic rings.